The van der Waals surface area contributed by atoms with Crippen LogP contribution in [0, 0.1) is 5.92 Å². The highest BCUT2D eigenvalue weighted by molar-refractivity contribution is 5.81. The molecule has 1 saturated heterocycles. The van der Waals surface area contributed by atoms with Gasteiger partial charge in [0.15, 0.2) is 0 Å². The second-order valence-corrected chi connectivity index (χ2v) is 5.22. The van der Waals surface area contributed by atoms with E-state index in [1.54, 1.807) is 0 Å². The third kappa shape index (κ3) is 2.97. The Morgan fingerprint density at radius 2 is 2.12 bits per heavy atom. The van der Waals surface area contributed by atoms with E-state index in [0.29, 0.717) is 5.92 Å². The summed E-state index contributed by atoms with van der Waals surface area (Å²) in [6, 6.07) is 0. The Hall–Kier alpha value is -0.570. The maximum atomic E-state index is 12.2. The smallest absolute Gasteiger partial charge is 0.326 e. The van der Waals surface area contributed by atoms with Crippen LogP contribution in [0.25, 0.3) is 0 Å². The molecular weight excluding hydrogens is 202 g/mol. The summed E-state index contributed by atoms with van der Waals surface area (Å²) in [6.07, 6.45) is 3.90. The number of carbonyl (C=O) groups is 1. The highest BCUT2D eigenvalue weighted by atomic mass is 16.5. The van der Waals surface area contributed by atoms with E-state index in [1.807, 2.05) is 6.92 Å². The van der Waals surface area contributed by atoms with E-state index in [1.165, 1.54) is 0 Å². The van der Waals surface area contributed by atoms with E-state index < -0.39 is 5.54 Å². The van der Waals surface area contributed by atoms with Crippen LogP contribution < -0.4 is 5.32 Å². The van der Waals surface area contributed by atoms with Gasteiger partial charge in [-0.2, -0.15) is 0 Å². The number of hydrogen-bond donors (Lipinski definition) is 1. The predicted octanol–water partition coefficient (Wildman–Crippen LogP) is 2.50. The first kappa shape index (κ1) is 13.5. The number of ether oxygens (including phenoxy) is 1. The summed E-state index contributed by atoms with van der Waals surface area (Å²) in [4.78, 5) is 12.2. The van der Waals surface area contributed by atoms with E-state index in [0.717, 1.165) is 32.2 Å². The lowest BCUT2D eigenvalue weighted by atomic mass is 9.92. The fourth-order valence-corrected chi connectivity index (χ4v) is 2.14. The molecule has 1 aliphatic rings. The maximum absolute atomic E-state index is 12.2. The molecule has 1 rings (SSSR count). The van der Waals surface area contributed by atoms with Crippen LogP contribution in [0.4, 0.5) is 0 Å². The van der Waals surface area contributed by atoms with Crippen molar-refractivity contribution in [3.05, 3.63) is 0 Å². The third-order valence-electron chi connectivity index (χ3n) is 3.54. The molecule has 1 aliphatic heterocycles. The summed E-state index contributed by atoms with van der Waals surface area (Å²) < 4.78 is 5.55. The van der Waals surface area contributed by atoms with Crippen molar-refractivity contribution < 1.29 is 9.53 Å². The van der Waals surface area contributed by atoms with Crippen LogP contribution in [0.3, 0.4) is 0 Å². The van der Waals surface area contributed by atoms with Gasteiger partial charge in [-0.15, -0.1) is 0 Å². The molecule has 0 saturated carbocycles. The van der Waals surface area contributed by atoms with Crippen molar-refractivity contribution in [1.82, 2.24) is 5.32 Å². The van der Waals surface area contributed by atoms with Gasteiger partial charge in [0.05, 0.1) is 0 Å². The SMILES string of the molecule is CCCC1(C(=O)OC(C)C(C)C)CCCN1. The Balaban J connectivity index is 2.61. The Morgan fingerprint density at radius 1 is 1.44 bits per heavy atom. The van der Waals surface area contributed by atoms with Gasteiger partial charge in [-0.3, -0.25) is 4.79 Å². The van der Waals surface area contributed by atoms with E-state index in [4.69, 9.17) is 4.74 Å². The maximum Gasteiger partial charge on any atom is 0.326 e. The Bertz CT molecular complexity index is 232. The minimum Gasteiger partial charge on any atom is -0.461 e. The van der Waals surface area contributed by atoms with Crippen molar-refractivity contribution in [2.75, 3.05) is 6.54 Å². The molecule has 0 aromatic heterocycles. The van der Waals surface area contributed by atoms with Crippen molar-refractivity contribution in [3.8, 4) is 0 Å². The average Bonchev–Trinajstić information content (AvgIpc) is 2.68. The molecule has 0 bridgehead atoms. The van der Waals surface area contributed by atoms with Crippen molar-refractivity contribution in [2.45, 2.75) is 65.0 Å². The quantitative estimate of drug-likeness (QED) is 0.733. The molecular formula is C13H25NO2. The molecule has 0 amide bonds. The van der Waals surface area contributed by atoms with Gasteiger partial charge in [0.25, 0.3) is 0 Å². The lowest BCUT2D eigenvalue weighted by molar-refractivity contribution is -0.158. The summed E-state index contributed by atoms with van der Waals surface area (Å²) in [5.74, 6) is 0.331. The number of carbonyl (C=O) groups excluding carboxylic acids is 1. The van der Waals surface area contributed by atoms with Gasteiger partial charge in [0, 0.05) is 0 Å². The Morgan fingerprint density at radius 3 is 2.56 bits per heavy atom. The molecule has 94 valence electrons. The second-order valence-electron chi connectivity index (χ2n) is 5.22. The largest absolute Gasteiger partial charge is 0.461 e. The number of esters is 1. The van der Waals surface area contributed by atoms with Crippen LogP contribution in [0.2, 0.25) is 0 Å². The van der Waals surface area contributed by atoms with Gasteiger partial charge in [0.2, 0.25) is 0 Å². The molecule has 16 heavy (non-hydrogen) atoms. The van der Waals surface area contributed by atoms with E-state index in [9.17, 15) is 4.79 Å². The van der Waals surface area contributed by atoms with Gasteiger partial charge in [-0.25, -0.2) is 0 Å². The topological polar surface area (TPSA) is 38.3 Å². The highest BCUT2D eigenvalue weighted by Gasteiger charge is 2.42. The van der Waals surface area contributed by atoms with Gasteiger partial charge >= 0.3 is 5.97 Å². The summed E-state index contributed by atoms with van der Waals surface area (Å²) >= 11 is 0. The standard InChI is InChI=1S/C13H25NO2/c1-5-7-13(8-6-9-14-13)12(15)16-11(4)10(2)3/h10-11,14H,5-9H2,1-4H3. The first-order chi connectivity index (χ1) is 7.52. The van der Waals surface area contributed by atoms with Crippen LogP contribution in [-0.2, 0) is 9.53 Å². The van der Waals surface area contributed by atoms with E-state index in [2.05, 4.69) is 26.1 Å². The summed E-state index contributed by atoms with van der Waals surface area (Å²) in [6.45, 7) is 9.17. The number of rotatable bonds is 5. The Kier molecular flexibility index (Phi) is 4.78. The van der Waals surface area contributed by atoms with Crippen LogP contribution in [0.15, 0.2) is 0 Å². The minimum absolute atomic E-state index is 0.00336. The molecule has 2 unspecified atom stereocenters. The first-order valence-electron chi connectivity index (χ1n) is 6.48. The number of nitrogens with one attached hydrogen (secondary N) is 1. The van der Waals surface area contributed by atoms with Crippen molar-refractivity contribution >= 4 is 5.97 Å². The van der Waals surface area contributed by atoms with E-state index >= 15 is 0 Å². The van der Waals surface area contributed by atoms with Gasteiger partial charge in [-0.05, 0) is 38.6 Å². The zero-order chi connectivity index (χ0) is 12.2. The van der Waals surface area contributed by atoms with Crippen LogP contribution in [0.5, 0.6) is 0 Å². The first-order valence-corrected chi connectivity index (χ1v) is 6.48. The molecule has 2 atom stereocenters. The molecule has 3 heteroatoms. The Labute approximate surface area is 98.9 Å². The fourth-order valence-electron chi connectivity index (χ4n) is 2.14. The van der Waals surface area contributed by atoms with E-state index in [-0.39, 0.29) is 12.1 Å². The van der Waals surface area contributed by atoms with Crippen LogP contribution in [0.1, 0.15) is 53.4 Å². The molecule has 1 N–H and O–H groups in total. The molecule has 1 fully saturated rings. The van der Waals surface area contributed by atoms with Gasteiger partial charge < -0.3 is 10.1 Å². The fraction of sp³-hybridized carbons (Fsp3) is 0.923. The zero-order valence-electron chi connectivity index (χ0n) is 11.0. The number of hydrogen-bond acceptors (Lipinski definition) is 3. The normalized spacial score (nSPS) is 27.1. The molecule has 0 radical (unpaired) electrons. The second kappa shape index (κ2) is 5.67. The monoisotopic (exact) mass is 227 g/mol. The van der Waals surface area contributed by atoms with Crippen molar-refractivity contribution in [2.24, 2.45) is 5.92 Å². The minimum atomic E-state index is -0.391. The lowest BCUT2D eigenvalue weighted by Gasteiger charge is -2.29. The lowest BCUT2D eigenvalue weighted by Crippen LogP contribution is -2.49. The van der Waals surface area contributed by atoms with Crippen LogP contribution >= 0.6 is 0 Å². The third-order valence-corrected chi connectivity index (χ3v) is 3.54. The molecule has 1 heterocycles. The molecule has 0 aliphatic carbocycles. The molecule has 0 aromatic carbocycles. The zero-order valence-corrected chi connectivity index (χ0v) is 11.0. The summed E-state index contributed by atoms with van der Waals surface area (Å²) in [5, 5.41) is 3.34. The molecule has 3 nitrogen and oxygen atoms in total. The average molecular weight is 227 g/mol. The summed E-state index contributed by atoms with van der Waals surface area (Å²) in [5.41, 5.74) is -0.391. The van der Waals surface area contributed by atoms with Crippen molar-refractivity contribution in [3.63, 3.8) is 0 Å². The molecule has 0 aromatic rings. The van der Waals surface area contributed by atoms with Gasteiger partial charge in [-0.1, -0.05) is 27.2 Å². The van der Waals surface area contributed by atoms with Crippen molar-refractivity contribution in [1.29, 1.82) is 0 Å². The summed E-state index contributed by atoms with van der Waals surface area (Å²) in [7, 11) is 0. The van der Waals surface area contributed by atoms with Crippen LogP contribution in [-0.4, -0.2) is 24.2 Å². The van der Waals surface area contributed by atoms with Gasteiger partial charge in [0.1, 0.15) is 11.6 Å². The molecule has 0 spiro atoms. The highest BCUT2D eigenvalue weighted by Crippen LogP contribution is 2.27. The predicted molar refractivity (Wildman–Crippen MR) is 65.3 cm³/mol.